The number of nitrogens with zero attached hydrogens (tertiary/aromatic N) is 4. The van der Waals surface area contributed by atoms with Crippen LogP contribution in [0.5, 0.6) is 5.75 Å². The third kappa shape index (κ3) is 2.81. The Morgan fingerprint density at radius 2 is 2.15 bits per heavy atom. The second-order valence-corrected chi connectivity index (χ2v) is 5.24. The lowest BCUT2D eigenvalue weighted by Gasteiger charge is -2.08. The second kappa shape index (κ2) is 6.03. The summed E-state index contributed by atoms with van der Waals surface area (Å²) in [7, 11) is 0. The number of hydrogen-bond donors (Lipinski definition) is 0. The number of hydrogen-bond acceptors (Lipinski definition) is 4. The minimum absolute atomic E-state index is 0.426. The summed E-state index contributed by atoms with van der Waals surface area (Å²) < 4.78 is 7.66. The average Bonchev–Trinajstić information content (AvgIpc) is 3.11. The smallest absolute Gasteiger partial charge is 0.189 e. The van der Waals surface area contributed by atoms with E-state index in [-0.39, 0.29) is 0 Å². The van der Waals surface area contributed by atoms with Crippen molar-refractivity contribution in [1.29, 1.82) is 0 Å². The monoisotopic (exact) mass is 272 g/mol. The van der Waals surface area contributed by atoms with Gasteiger partial charge in [0.1, 0.15) is 12.4 Å². The SMILES string of the molecule is CCCCn1nnnc1COc1ccc2c(c1)CCC2. The lowest BCUT2D eigenvalue weighted by atomic mass is 10.1. The van der Waals surface area contributed by atoms with Crippen LogP contribution >= 0.6 is 0 Å². The van der Waals surface area contributed by atoms with E-state index in [4.69, 9.17) is 4.74 Å². The number of aryl methyl sites for hydroxylation is 3. The van der Waals surface area contributed by atoms with E-state index < -0.39 is 0 Å². The highest BCUT2D eigenvalue weighted by Gasteiger charge is 2.12. The van der Waals surface area contributed by atoms with Gasteiger partial charge in [-0.15, -0.1) is 5.10 Å². The molecule has 5 nitrogen and oxygen atoms in total. The van der Waals surface area contributed by atoms with Crippen LogP contribution in [0.2, 0.25) is 0 Å². The fourth-order valence-electron chi connectivity index (χ4n) is 2.59. The Morgan fingerprint density at radius 3 is 3.05 bits per heavy atom. The summed E-state index contributed by atoms with van der Waals surface area (Å²) >= 11 is 0. The highest BCUT2D eigenvalue weighted by Crippen LogP contribution is 2.26. The average molecular weight is 272 g/mol. The fraction of sp³-hybridized carbons (Fsp3) is 0.533. The molecule has 0 unspecified atom stereocenters. The van der Waals surface area contributed by atoms with E-state index in [9.17, 15) is 0 Å². The third-order valence-corrected chi connectivity index (χ3v) is 3.77. The molecule has 0 N–H and O–H groups in total. The fourth-order valence-corrected chi connectivity index (χ4v) is 2.59. The highest BCUT2D eigenvalue weighted by atomic mass is 16.5. The number of fused-ring (bicyclic) bond motifs is 1. The summed E-state index contributed by atoms with van der Waals surface area (Å²) in [5.41, 5.74) is 2.89. The molecule has 2 aromatic rings. The van der Waals surface area contributed by atoms with E-state index >= 15 is 0 Å². The zero-order valence-corrected chi connectivity index (χ0v) is 11.9. The Balaban J connectivity index is 1.63. The lowest BCUT2D eigenvalue weighted by molar-refractivity contribution is 0.285. The van der Waals surface area contributed by atoms with Crippen molar-refractivity contribution in [2.45, 2.75) is 52.2 Å². The molecular formula is C15H20N4O. The summed E-state index contributed by atoms with van der Waals surface area (Å²) in [5.74, 6) is 1.70. The lowest BCUT2D eigenvalue weighted by Crippen LogP contribution is -2.09. The number of benzene rings is 1. The highest BCUT2D eigenvalue weighted by molar-refractivity contribution is 5.38. The molecule has 1 heterocycles. The maximum atomic E-state index is 5.83. The first kappa shape index (κ1) is 13.1. The Bertz CT molecular complexity index is 579. The van der Waals surface area contributed by atoms with Gasteiger partial charge in [0, 0.05) is 6.54 Å². The molecule has 1 aromatic heterocycles. The molecular weight excluding hydrogens is 252 g/mol. The topological polar surface area (TPSA) is 52.8 Å². The van der Waals surface area contributed by atoms with Gasteiger partial charge >= 0.3 is 0 Å². The van der Waals surface area contributed by atoms with Crippen LogP contribution < -0.4 is 4.74 Å². The Morgan fingerprint density at radius 1 is 1.25 bits per heavy atom. The molecule has 20 heavy (non-hydrogen) atoms. The largest absolute Gasteiger partial charge is 0.486 e. The van der Waals surface area contributed by atoms with Crippen molar-refractivity contribution in [1.82, 2.24) is 20.2 Å². The maximum absolute atomic E-state index is 5.83. The van der Waals surface area contributed by atoms with Gasteiger partial charge in [-0.3, -0.25) is 0 Å². The quantitative estimate of drug-likeness (QED) is 0.811. The predicted octanol–water partition coefficient (Wildman–Crippen LogP) is 2.54. The molecule has 106 valence electrons. The first-order valence-electron chi connectivity index (χ1n) is 7.36. The molecule has 1 aliphatic carbocycles. The van der Waals surface area contributed by atoms with Crippen molar-refractivity contribution in [2.75, 3.05) is 0 Å². The van der Waals surface area contributed by atoms with Crippen molar-refractivity contribution < 1.29 is 4.74 Å². The van der Waals surface area contributed by atoms with Crippen LogP contribution in [0.15, 0.2) is 18.2 Å². The zero-order valence-electron chi connectivity index (χ0n) is 11.9. The number of tetrazole rings is 1. The molecule has 0 amide bonds. The van der Waals surface area contributed by atoms with E-state index in [0.717, 1.165) is 31.0 Å². The molecule has 1 aromatic carbocycles. The standard InChI is InChI=1S/C15H20N4O/c1-2-3-9-19-15(16-17-18-19)11-20-14-8-7-12-5-4-6-13(12)10-14/h7-8,10H,2-6,9,11H2,1H3. The van der Waals surface area contributed by atoms with Gasteiger partial charge in [0.15, 0.2) is 5.82 Å². The van der Waals surface area contributed by atoms with E-state index in [1.165, 1.54) is 30.4 Å². The molecule has 5 heteroatoms. The van der Waals surface area contributed by atoms with Crippen LogP contribution in [0, 0.1) is 0 Å². The van der Waals surface area contributed by atoms with Crippen LogP contribution in [-0.2, 0) is 26.0 Å². The van der Waals surface area contributed by atoms with E-state index in [2.05, 4.69) is 34.6 Å². The molecule has 3 rings (SSSR count). The summed E-state index contributed by atoms with van der Waals surface area (Å²) in [5, 5.41) is 11.8. The van der Waals surface area contributed by atoms with Gasteiger partial charge in [0.25, 0.3) is 0 Å². The van der Waals surface area contributed by atoms with Crippen LogP contribution in [0.3, 0.4) is 0 Å². The summed E-state index contributed by atoms with van der Waals surface area (Å²) in [4.78, 5) is 0. The zero-order chi connectivity index (χ0) is 13.8. The Kier molecular flexibility index (Phi) is 3.95. The molecule has 0 atom stereocenters. The number of rotatable bonds is 6. The first-order valence-corrected chi connectivity index (χ1v) is 7.36. The number of aromatic nitrogens is 4. The predicted molar refractivity (Wildman–Crippen MR) is 75.5 cm³/mol. The molecule has 0 spiro atoms. The van der Waals surface area contributed by atoms with Gasteiger partial charge in [0.05, 0.1) is 0 Å². The minimum Gasteiger partial charge on any atom is -0.486 e. The number of unbranched alkanes of at least 4 members (excludes halogenated alkanes) is 1. The molecule has 0 saturated heterocycles. The van der Waals surface area contributed by atoms with Crippen molar-refractivity contribution in [3.63, 3.8) is 0 Å². The molecule has 0 radical (unpaired) electrons. The molecule has 0 fully saturated rings. The molecule has 0 bridgehead atoms. The van der Waals surface area contributed by atoms with Crippen LogP contribution in [0.4, 0.5) is 0 Å². The second-order valence-electron chi connectivity index (χ2n) is 5.24. The van der Waals surface area contributed by atoms with E-state index in [0.29, 0.717) is 6.61 Å². The van der Waals surface area contributed by atoms with Crippen LogP contribution in [0.25, 0.3) is 0 Å². The van der Waals surface area contributed by atoms with Gasteiger partial charge in [-0.25, -0.2) is 4.68 Å². The van der Waals surface area contributed by atoms with Crippen molar-refractivity contribution in [2.24, 2.45) is 0 Å². The summed E-state index contributed by atoms with van der Waals surface area (Å²) in [6, 6.07) is 6.38. The minimum atomic E-state index is 0.426. The molecule has 1 aliphatic rings. The van der Waals surface area contributed by atoms with Crippen LogP contribution in [-0.4, -0.2) is 20.2 Å². The van der Waals surface area contributed by atoms with Crippen molar-refractivity contribution in [3.05, 3.63) is 35.2 Å². The summed E-state index contributed by atoms with van der Waals surface area (Å²) in [6.45, 7) is 3.44. The van der Waals surface area contributed by atoms with E-state index in [1.54, 1.807) is 0 Å². The third-order valence-electron chi connectivity index (χ3n) is 3.77. The molecule has 0 saturated carbocycles. The molecule has 0 aliphatic heterocycles. The van der Waals surface area contributed by atoms with Gasteiger partial charge in [0.2, 0.25) is 0 Å². The normalized spacial score (nSPS) is 13.4. The van der Waals surface area contributed by atoms with Gasteiger partial charge in [-0.2, -0.15) is 0 Å². The van der Waals surface area contributed by atoms with Crippen molar-refractivity contribution >= 4 is 0 Å². The first-order chi connectivity index (χ1) is 9.86. The van der Waals surface area contributed by atoms with E-state index in [1.807, 2.05) is 10.7 Å². The van der Waals surface area contributed by atoms with Gasteiger partial charge in [-0.05, 0) is 59.4 Å². The van der Waals surface area contributed by atoms with Crippen molar-refractivity contribution in [3.8, 4) is 5.75 Å². The number of ether oxygens (including phenoxy) is 1. The summed E-state index contributed by atoms with van der Waals surface area (Å²) in [6.07, 6.45) is 5.83. The maximum Gasteiger partial charge on any atom is 0.189 e. The Hall–Kier alpha value is -1.91. The van der Waals surface area contributed by atoms with Gasteiger partial charge < -0.3 is 4.74 Å². The van der Waals surface area contributed by atoms with Gasteiger partial charge in [-0.1, -0.05) is 19.4 Å². The van der Waals surface area contributed by atoms with Crippen LogP contribution in [0.1, 0.15) is 43.1 Å². The Labute approximate surface area is 118 Å².